The Hall–Kier alpha value is -1.71. The molecule has 2 N–H and O–H groups in total. The molecule has 0 unspecified atom stereocenters. The van der Waals surface area contributed by atoms with E-state index in [1.165, 1.54) is 0 Å². The molecule has 100 valence electrons. The molecule has 0 aromatic heterocycles. The maximum absolute atomic E-state index is 11.4. The number of carbonyl (C=O) groups excluding carboxylic acids is 1. The van der Waals surface area contributed by atoms with Gasteiger partial charge < -0.3 is 15.4 Å². The van der Waals surface area contributed by atoms with Crippen molar-refractivity contribution in [3.63, 3.8) is 0 Å². The van der Waals surface area contributed by atoms with Crippen LogP contribution in [-0.2, 0) is 4.79 Å². The highest BCUT2D eigenvalue weighted by Crippen LogP contribution is 2.23. The molecular formula is C14H22N2O2. The number of hydrogen-bond acceptors (Lipinski definition) is 3. The average Bonchev–Trinajstić information content (AvgIpc) is 2.38. The van der Waals surface area contributed by atoms with Crippen LogP contribution < -0.4 is 15.4 Å². The van der Waals surface area contributed by atoms with Crippen LogP contribution >= 0.6 is 0 Å². The van der Waals surface area contributed by atoms with Crippen molar-refractivity contribution < 1.29 is 9.53 Å². The molecule has 0 spiro atoms. The predicted octanol–water partition coefficient (Wildman–Crippen LogP) is 2.41. The topological polar surface area (TPSA) is 50.4 Å². The first-order chi connectivity index (χ1) is 8.77. The summed E-state index contributed by atoms with van der Waals surface area (Å²) in [7, 11) is 0. The Morgan fingerprint density at radius 2 is 2.06 bits per heavy atom. The summed E-state index contributed by atoms with van der Waals surface area (Å²) < 4.78 is 5.68. The van der Waals surface area contributed by atoms with Gasteiger partial charge in [-0.15, -0.1) is 0 Å². The van der Waals surface area contributed by atoms with Gasteiger partial charge in [0.15, 0.2) is 0 Å². The van der Waals surface area contributed by atoms with Gasteiger partial charge in [-0.05, 0) is 25.5 Å². The molecule has 0 fully saturated rings. The summed E-state index contributed by atoms with van der Waals surface area (Å²) in [6.07, 6.45) is 2.14. The SMILES string of the molecule is CCCCOc1ccccc1NCC(=O)NCC. The summed E-state index contributed by atoms with van der Waals surface area (Å²) in [6.45, 7) is 5.65. The maximum atomic E-state index is 11.4. The smallest absolute Gasteiger partial charge is 0.239 e. The molecule has 1 aromatic carbocycles. The largest absolute Gasteiger partial charge is 0.491 e. The molecule has 1 rings (SSSR count). The van der Waals surface area contributed by atoms with E-state index in [-0.39, 0.29) is 12.5 Å². The van der Waals surface area contributed by atoms with Gasteiger partial charge in [-0.1, -0.05) is 25.5 Å². The predicted molar refractivity (Wildman–Crippen MR) is 74.0 cm³/mol. The fourth-order valence-electron chi connectivity index (χ4n) is 1.50. The van der Waals surface area contributed by atoms with E-state index < -0.39 is 0 Å². The minimum Gasteiger partial charge on any atom is -0.491 e. The van der Waals surface area contributed by atoms with Gasteiger partial charge in [-0.25, -0.2) is 0 Å². The number of likely N-dealkylation sites (N-methyl/N-ethyl adjacent to an activating group) is 1. The van der Waals surface area contributed by atoms with E-state index in [2.05, 4.69) is 17.6 Å². The van der Waals surface area contributed by atoms with Crippen molar-refractivity contribution in [3.8, 4) is 5.75 Å². The van der Waals surface area contributed by atoms with E-state index in [1.54, 1.807) is 0 Å². The Kier molecular flexibility index (Phi) is 6.69. The molecule has 0 saturated carbocycles. The van der Waals surface area contributed by atoms with Gasteiger partial charge in [0, 0.05) is 6.54 Å². The molecule has 0 saturated heterocycles. The summed E-state index contributed by atoms with van der Waals surface area (Å²) in [5, 5.41) is 5.83. The van der Waals surface area contributed by atoms with Gasteiger partial charge in [-0.3, -0.25) is 4.79 Å². The fraction of sp³-hybridized carbons (Fsp3) is 0.500. The first kappa shape index (κ1) is 14.4. The highest BCUT2D eigenvalue weighted by molar-refractivity contribution is 5.81. The van der Waals surface area contributed by atoms with Crippen LogP contribution in [0.2, 0.25) is 0 Å². The number of nitrogens with one attached hydrogen (secondary N) is 2. The molecule has 0 heterocycles. The van der Waals surface area contributed by atoms with E-state index in [0.29, 0.717) is 13.2 Å². The van der Waals surface area contributed by atoms with Crippen LogP contribution in [0, 0.1) is 0 Å². The number of ether oxygens (including phenoxy) is 1. The van der Waals surface area contributed by atoms with Crippen molar-refractivity contribution in [2.24, 2.45) is 0 Å². The van der Waals surface area contributed by atoms with Crippen LogP contribution in [0.4, 0.5) is 5.69 Å². The van der Waals surface area contributed by atoms with E-state index >= 15 is 0 Å². The quantitative estimate of drug-likeness (QED) is 0.697. The van der Waals surface area contributed by atoms with Crippen LogP contribution in [0.5, 0.6) is 5.75 Å². The van der Waals surface area contributed by atoms with E-state index in [0.717, 1.165) is 24.3 Å². The number of rotatable bonds is 8. The number of para-hydroxylation sites is 2. The third kappa shape index (κ3) is 5.08. The lowest BCUT2D eigenvalue weighted by Gasteiger charge is -2.12. The second-order valence-corrected chi connectivity index (χ2v) is 4.01. The van der Waals surface area contributed by atoms with Crippen molar-refractivity contribution in [2.75, 3.05) is 25.0 Å². The molecule has 0 aliphatic heterocycles. The number of hydrogen-bond donors (Lipinski definition) is 2. The standard InChI is InChI=1S/C14H22N2O2/c1-3-5-10-18-13-9-7-6-8-12(13)16-11-14(17)15-4-2/h6-9,16H,3-5,10-11H2,1-2H3,(H,15,17). The Balaban J connectivity index is 2.50. The molecule has 1 aromatic rings. The molecule has 0 aliphatic rings. The highest BCUT2D eigenvalue weighted by atomic mass is 16.5. The molecule has 0 aliphatic carbocycles. The second-order valence-electron chi connectivity index (χ2n) is 4.01. The number of unbranched alkanes of at least 4 members (excludes halogenated alkanes) is 1. The van der Waals surface area contributed by atoms with E-state index in [4.69, 9.17) is 4.74 Å². The molecular weight excluding hydrogens is 228 g/mol. The summed E-state index contributed by atoms with van der Waals surface area (Å²) in [5.74, 6) is 0.788. The summed E-state index contributed by atoms with van der Waals surface area (Å²) in [6, 6.07) is 7.68. The van der Waals surface area contributed by atoms with Crippen molar-refractivity contribution in [3.05, 3.63) is 24.3 Å². The fourth-order valence-corrected chi connectivity index (χ4v) is 1.50. The van der Waals surface area contributed by atoms with Crippen molar-refractivity contribution >= 4 is 11.6 Å². The molecule has 0 atom stereocenters. The second kappa shape index (κ2) is 8.39. The molecule has 18 heavy (non-hydrogen) atoms. The molecule has 0 radical (unpaired) electrons. The lowest BCUT2D eigenvalue weighted by atomic mass is 10.3. The first-order valence-electron chi connectivity index (χ1n) is 6.50. The van der Waals surface area contributed by atoms with Crippen molar-refractivity contribution in [1.29, 1.82) is 0 Å². The minimum atomic E-state index is -0.0131. The van der Waals surface area contributed by atoms with Gasteiger partial charge >= 0.3 is 0 Å². The van der Waals surface area contributed by atoms with E-state index in [9.17, 15) is 4.79 Å². The van der Waals surface area contributed by atoms with E-state index in [1.807, 2.05) is 31.2 Å². The zero-order valence-electron chi connectivity index (χ0n) is 11.2. The lowest BCUT2D eigenvalue weighted by molar-refractivity contribution is -0.119. The van der Waals surface area contributed by atoms with Crippen LogP contribution in [-0.4, -0.2) is 25.6 Å². The molecule has 0 bridgehead atoms. The van der Waals surface area contributed by atoms with Crippen molar-refractivity contribution in [2.45, 2.75) is 26.7 Å². The monoisotopic (exact) mass is 250 g/mol. The highest BCUT2D eigenvalue weighted by Gasteiger charge is 2.04. The summed E-state index contributed by atoms with van der Waals surface area (Å²) in [4.78, 5) is 11.4. The van der Waals surface area contributed by atoms with Gasteiger partial charge in [0.2, 0.25) is 5.91 Å². The van der Waals surface area contributed by atoms with Crippen LogP contribution in [0.15, 0.2) is 24.3 Å². The summed E-state index contributed by atoms with van der Waals surface area (Å²) >= 11 is 0. The Morgan fingerprint density at radius 3 is 2.78 bits per heavy atom. The zero-order chi connectivity index (χ0) is 13.2. The van der Waals surface area contributed by atoms with Crippen molar-refractivity contribution in [1.82, 2.24) is 5.32 Å². The van der Waals surface area contributed by atoms with Gasteiger partial charge in [0.1, 0.15) is 5.75 Å². The summed E-state index contributed by atoms with van der Waals surface area (Å²) in [5.41, 5.74) is 0.861. The molecule has 4 nitrogen and oxygen atoms in total. The molecule has 4 heteroatoms. The maximum Gasteiger partial charge on any atom is 0.239 e. The van der Waals surface area contributed by atoms with Gasteiger partial charge in [-0.2, -0.15) is 0 Å². The first-order valence-corrected chi connectivity index (χ1v) is 6.50. The third-order valence-corrected chi connectivity index (χ3v) is 2.46. The number of amides is 1. The lowest BCUT2D eigenvalue weighted by Crippen LogP contribution is -2.29. The Morgan fingerprint density at radius 1 is 1.28 bits per heavy atom. The van der Waals surface area contributed by atoms with Crippen LogP contribution in [0.1, 0.15) is 26.7 Å². The molecule has 1 amide bonds. The van der Waals surface area contributed by atoms with Crippen LogP contribution in [0.25, 0.3) is 0 Å². The van der Waals surface area contributed by atoms with Crippen LogP contribution in [0.3, 0.4) is 0 Å². The zero-order valence-corrected chi connectivity index (χ0v) is 11.2. The number of anilines is 1. The normalized spacial score (nSPS) is 9.89. The minimum absolute atomic E-state index is 0.0131. The Bertz CT molecular complexity index is 367. The van der Waals surface area contributed by atoms with Gasteiger partial charge in [0.05, 0.1) is 18.8 Å². The third-order valence-electron chi connectivity index (χ3n) is 2.46. The Labute approximate surface area is 109 Å². The number of benzene rings is 1. The van der Waals surface area contributed by atoms with Gasteiger partial charge in [0.25, 0.3) is 0 Å². The average molecular weight is 250 g/mol. The number of carbonyl (C=O) groups is 1.